The van der Waals surface area contributed by atoms with Gasteiger partial charge in [-0.2, -0.15) is 0 Å². The van der Waals surface area contributed by atoms with Crippen molar-refractivity contribution in [3.63, 3.8) is 0 Å². The van der Waals surface area contributed by atoms with Gasteiger partial charge in [-0.05, 0) is 28.1 Å². The summed E-state index contributed by atoms with van der Waals surface area (Å²) in [6.07, 6.45) is -0.597. The zero-order chi connectivity index (χ0) is 13.7. The van der Waals surface area contributed by atoms with Crippen LogP contribution in [0.2, 0.25) is 0 Å². The molecule has 2 N–H and O–H groups in total. The van der Waals surface area contributed by atoms with Gasteiger partial charge in [-0.15, -0.1) is 0 Å². The van der Waals surface area contributed by atoms with Crippen LogP contribution in [-0.2, 0) is 4.74 Å². The van der Waals surface area contributed by atoms with E-state index in [4.69, 9.17) is 9.15 Å². The van der Waals surface area contributed by atoms with E-state index in [-0.39, 0.29) is 18.2 Å². The van der Waals surface area contributed by atoms with E-state index in [0.29, 0.717) is 24.4 Å². The van der Waals surface area contributed by atoms with Crippen molar-refractivity contribution < 1.29 is 19.1 Å². The van der Waals surface area contributed by atoms with E-state index in [2.05, 4.69) is 26.1 Å². The molecule has 1 atom stereocenters. The molecule has 1 aromatic rings. The van der Waals surface area contributed by atoms with E-state index in [0.717, 1.165) is 13.1 Å². The van der Waals surface area contributed by atoms with E-state index in [1.807, 2.05) is 0 Å². The molecule has 0 radical (unpaired) electrons. The minimum Gasteiger partial charge on any atom is -0.444 e. The summed E-state index contributed by atoms with van der Waals surface area (Å²) in [5.74, 6) is -0.0998. The van der Waals surface area contributed by atoms with Gasteiger partial charge < -0.3 is 19.6 Å². The Hall–Kier alpha value is -0.890. The normalized spacial score (nSPS) is 18.2. The van der Waals surface area contributed by atoms with Crippen LogP contribution in [0.4, 0.5) is 0 Å². The highest BCUT2D eigenvalue weighted by atomic mass is 79.9. The van der Waals surface area contributed by atoms with Crippen LogP contribution in [-0.4, -0.2) is 61.4 Å². The lowest BCUT2D eigenvalue weighted by Gasteiger charge is -2.28. The topological polar surface area (TPSA) is 74.9 Å². The molecule has 106 valence electrons. The first-order valence-corrected chi connectivity index (χ1v) is 6.96. The second kappa shape index (κ2) is 7.04. The van der Waals surface area contributed by atoms with E-state index in [1.54, 1.807) is 12.1 Å². The number of carbonyl (C=O) groups is 1. The first-order valence-electron chi connectivity index (χ1n) is 6.17. The van der Waals surface area contributed by atoms with Crippen LogP contribution in [0.1, 0.15) is 10.6 Å². The summed E-state index contributed by atoms with van der Waals surface area (Å²) in [5.41, 5.74) is 0. The molecule has 19 heavy (non-hydrogen) atoms. The molecule has 1 amide bonds. The minimum atomic E-state index is -0.597. The molecule has 0 bridgehead atoms. The maximum atomic E-state index is 11.7. The summed E-state index contributed by atoms with van der Waals surface area (Å²) in [6, 6.07) is 3.23. The van der Waals surface area contributed by atoms with Crippen LogP contribution in [0.25, 0.3) is 0 Å². The van der Waals surface area contributed by atoms with Gasteiger partial charge in [0.2, 0.25) is 0 Å². The SMILES string of the molecule is O=C(NCC(O)CN1CCOCC1)c1ccc(Br)o1. The molecule has 2 heterocycles. The molecule has 6 nitrogen and oxygen atoms in total. The van der Waals surface area contributed by atoms with Crippen LogP contribution < -0.4 is 5.32 Å². The van der Waals surface area contributed by atoms with Crippen molar-refractivity contribution in [3.05, 3.63) is 22.6 Å². The largest absolute Gasteiger partial charge is 0.444 e. The Morgan fingerprint density at radius 2 is 2.21 bits per heavy atom. The maximum absolute atomic E-state index is 11.7. The molecule has 1 saturated heterocycles. The van der Waals surface area contributed by atoms with Crippen LogP contribution in [0.5, 0.6) is 0 Å². The van der Waals surface area contributed by atoms with Crippen molar-refractivity contribution >= 4 is 21.8 Å². The number of amides is 1. The van der Waals surface area contributed by atoms with Gasteiger partial charge in [0, 0.05) is 26.2 Å². The van der Waals surface area contributed by atoms with E-state index >= 15 is 0 Å². The number of aliphatic hydroxyl groups is 1. The lowest BCUT2D eigenvalue weighted by molar-refractivity contribution is 0.0148. The molecule has 0 aromatic carbocycles. The average molecular weight is 333 g/mol. The lowest BCUT2D eigenvalue weighted by Crippen LogP contribution is -2.44. The number of hydrogen-bond donors (Lipinski definition) is 2. The minimum absolute atomic E-state index is 0.203. The highest BCUT2D eigenvalue weighted by Gasteiger charge is 2.16. The second-order valence-corrected chi connectivity index (χ2v) is 5.16. The van der Waals surface area contributed by atoms with Crippen molar-refractivity contribution in [1.82, 2.24) is 10.2 Å². The van der Waals surface area contributed by atoms with E-state index in [9.17, 15) is 9.90 Å². The van der Waals surface area contributed by atoms with E-state index in [1.165, 1.54) is 0 Å². The Balaban J connectivity index is 1.70. The molecule has 1 fully saturated rings. The van der Waals surface area contributed by atoms with Gasteiger partial charge in [-0.3, -0.25) is 9.69 Å². The first-order chi connectivity index (χ1) is 9.15. The number of rotatable bonds is 5. The number of hydrogen-bond acceptors (Lipinski definition) is 5. The van der Waals surface area contributed by atoms with Gasteiger partial charge in [0.15, 0.2) is 10.4 Å². The fourth-order valence-electron chi connectivity index (χ4n) is 1.88. The predicted molar refractivity (Wildman–Crippen MR) is 72.0 cm³/mol. The molecule has 0 saturated carbocycles. The Morgan fingerprint density at radius 1 is 1.47 bits per heavy atom. The zero-order valence-corrected chi connectivity index (χ0v) is 12.1. The monoisotopic (exact) mass is 332 g/mol. The van der Waals surface area contributed by atoms with Crippen molar-refractivity contribution in [2.75, 3.05) is 39.4 Å². The average Bonchev–Trinajstić information content (AvgIpc) is 2.84. The lowest BCUT2D eigenvalue weighted by atomic mass is 10.3. The van der Waals surface area contributed by atoms with Crippen LogP contribution >= 0.6 is 15.9 Å². The highest BCUT2D eigenvalue weighted by Crippen LogP contribution is 2.13. The standard InChI is InChI=1S/C12H17BrN2O4/c13-11-2-1-10(19-11)12(17)14-7-9(16)8-15-3-5-18-6-4-15/h1-2,9,16H,3-8H2,(H,14,17). The summed E-state index contributed by atoms with van der Waals surface area (Å²) < 4.78 is 10.9. The number of morpholine rings is 1. The fourth-order valence-corrected chi connectivity index (χ4v) is 2.19. The number of nitrogens with one attached hydrogen (secondary N) is 1. The Bertz CT molecular complexity index is 418. The molecule has 1 aliphatic heterocycles. The van der Waals surface area contributed by atoms with Crippen molar-refractivity contribution in [1.29, 1.82) is 0 Å². The molecule has 1 aromatic heterocycles. The Kier molecular flexibility index (Phi) is 5.38. The molecule has 7 heteroatoms. The van der Waals surface area contributed by atoms with Gasteiger partial charge in [0.1, 0.15) is 0 Å². The number of halogens is 1. The third-order valence-electron chi connectivity index (χ3n) is 2.87. The first kappa shape index (κ1) is 14.5. The summed E-state index contributed by atoms with van der Waals surface area (Å²) >= 11 is 3.13. The van der Waals surface area contributed by atoms with Crippen LogP contribution in [0, 0.1) is 0 Å². The number of carbonyl (C=O) groups excluding carboxylic acids is 1. The Morgan fingerprint density at radius 3 is 2.84 bits per heavy atom. The van der Waals surface area contributed by atoms with Crippen LogP contribution in [0.15, 0.2) is 21.2 Å². The predicted octanol–water partition coefficient (Wildman–Crippen LogP) is 0.465. The number of furan rings is 1. The maximum Gasteiger partial charge on any atom is 0.287 e. The third kappa shape index (κ3) is 4.61. The third-order valence-corrected chi connectivity index (χ3v) is 3.29. The summed E-state index contributed by atoms with van der Waals surface area (Å²) in [4.78, 5) is 13.8. The van der Waals surface area contributed by atoms with Crippen molar-refractivity contribution in [3.8, 4) is 0 Å². The molecule has 1 unspecified atom stereocenters. The molecule has 2 rings (SSSR count). The number of ether oxygens (including phenoxy) is 1. The Labute approximate surface area is 119 Å². The molecular formula is C12H17BrN2O4. The van der Waals surface area contributed by atoms with Crippen molar-refractivity contribution in [2.24, 2.45) is 0 Å². The van der Waals surface area contributed by atoms with Crippen molar-refractivity contribution in [2.45, 2.75) is 6.10 Å². The second-order valence-electron chi connectivity index (χ2n) is 4.38. The number of nitrogens with zero attached hydrogens (tertiary/aromatic N) is 1. The highest BCUT2D eigenvalue weighted by molar-refractivity contribution is 9.10. The number of aliphatic hydroxyl groups excluding tert-OH is 1. The number of β-amino-alcohol motifs (C(OH)–C–C–N with tert-alkyl or cyclic N) is 1. The molecule has 1 aliphatic rings. The van der Waals surface area contributed by atoms with Crippen LogP contribution in [0.3, 0.4) is 0 Å². The molecule has 0 aliphatic carbocycles. The summed E-state index contributed by atoms with van der Waals surface area (Å²) in [6.45, 7) is 3.76. The molecular weight excluding hydrogens is 316 g/mol. The fraction of sp³-hybridized carbons (Fsp3) is 0.583. The van der Waals surface area contributed by atoms with Gasteiger partial charge in [0.25, 0.3) is 5.91 Å². The van der Waals surface area contributed by atoms with Gasteiger partial charge in [-0.25, -0.2) is 0 Å². The summed E-state index contributed by atoms with van der Waals surface area (Å²) in [7, 11) is 0. The van der Waals surface area contributed by atoms with E-state index < -0.39 is 6.10 Å². The quantitative estimate of drug-likeness (QED) is 0.819. The smallest absolute Gasteiger partial charge is 0.287 e. The zero-order valence-electron chi connectivity index (χ0n) is 10.5. The van der Waals surface area contributed by atoms with Gasteiger partial charge >= 0.3 is 0 Å². The summed E-state index contributed by atoms with van der Waals surface area (Å²) in [5, 5.41) is 12.5. The van der Waals surface area contributed by atoms with Gasteiger partial charge in [0.05, 0.1) is 19.3 Å². The van der Waals surface area contributed by atoms with Gasteiger partial charge in [-0.1, -0.05) is 0 Å². The molecule has 0 spiro atoms.